The van der Waals surface area contributed by atoms with Gasteiger partial charge in [0, 0.05) is 58.4 Å². The average Bonchev–Trinajstić information content (AvgIpc) is 2.66. The lowest BCUT2D eigenvalue weighted by atomic mass is 9.98. The minimum atomic E-state index is -0.0634. The molecule has 4 aliphatic heterocycles. The number of nitrogens with one attached hydrogen (secondary N) is 1. The summed E-state index contributed by atoms with van der Waals surface area (Å²) in [4.78, 5) is 24.4. The lowest BCUT2D eigenvalue weighted by Gasteiger charge is -2.47. The molecule has 0 aromatic carbocycles. The van der Waals surface area contributed by atoms with Crippen molar-refractivity contribution in [3.05, 3.63) is 0 Å². The number of carbonyl (C=O) groups excluding carboxylic acids is 1. The lowest BCUT2D eigenvalue weighted by Crippen LogP contribution is -2.62. The maximum Gasteiger partial charge on any atom is 0.310 e. The summed E-state index contributed by atoms with van der Waals surface area (Å²) in [6, 6.07) is 0.529. The minimum absolute atomic E-state index is 0. The molecule has 4 heterocycles. The van der Waals surface area contributed by atoms with Gasteiger partial charge in [0.1, 0.15) is 0 Å². The van der Waals surface area contributed by atoms with Crippen LogP contribution in [0.5, 0.6) is 0 Å². The second-order valence-electron chi connectivity index (χ2n) is 7.22. The van der Waals surface area contributed by atoms with Crippen molar-refractivity contribution in [3.63, 3.8) is 0 Å². The van der Waals surface area contributed by atoms with Crippen LogP contribution in [-0.2, 0) is 9.53 Å². The van der Waals surface area contributed by atoms with Crippen molar-refractivity contribution in [2.24, 2.45) is 10.9 Å². The third-order valence-corrected chi connectivity index (χ3v) is 5.52. The molecule has 150 valence electrons. The Morgan fingerprint density at radius 1 is 1.15 bits per heavy atom. The molecule has 0 aromatic heterocycles. The minimum Gasteiger partial charge on any atom is -0.466 e. The molecule has 1 N–H and O–H groups in total. The molecule has 0 aliphatic carbocycles. The number of ether oxygens (including phenoxy) is 1. The van der Waals surface area contributed by atoms with Gasteiger partial charge in [-0.2, -0.15) is 0 Å². The molecule has 4 fully saturated rings. The van der Waals surface area contributed by atoms with E-state index in [0.29, 0.717) is 19.2 Å². The molecule has 0 saturated carbocycles. The van der Waals surface area contributed by atoms with Gasteiger partial charge in [-0.15, -0.1) is 24.0 Å². The van der Waals surface area contributed by atoms with Crippen LogP contribution in [0.1, 0.15) is 26.7 Å². The highest BCUT2D eigenvalue weighted by molar-refractivity contribution is 14.0. The molecule has 4 saturated heterocycles. The van der Waals surface area contributed by atoms with E-state index in [0.717, 1.165) is 45.0 Å². The second-order valence-corrected chi connectivity index (χ2v) is 7.22. The van der Waals surface area contributed by atoms with Crippen LogP contribution in [0.25, 0.3) is 0 Å². The number of piperazine rings is 3. The highest BCUT2D eigenvalue weighted by atomic mass is 127. The summed E-state index contributed by atoms with van der Waals surface area (Å²) in [6.07, 6.45) is 1.93. The van der Waals surface area contributed by atoms with E-state index in [4.69, 9.17) is 9.73 Å². The topological polar surface area (TPSA) is 60.4 Å². The third-order valence-electron chi connectivity index (χ3n) is 5.52. The molecule has 0 spiro atoms. The Bertz CT molecular complexity index is 482. The fraction of sp³-hybridized carbons (Fsp3) is 0.889. The maximum absolute atomic E-state index is 12.1. The van der Waals surface area contributed by atoms with Crippen molar-refractivity contribution in [3.8, 4) is 0 Å². The van der Waals surface area contributed by atoms with Crippen molar-refractivity contribution < 1.29 is 9.53 Å². The summed E-state index contributed by atoms with van der Waals surface area (Å²) in [5.74, 6) is 0.860. The zero-order valence-electron chi connectivity index (χ0n) is 16.2. The Morgan fingerprint density at radius 2 is 1.92 bits per heavy atom. The van der Waals surface area contributed by atoms with E-state index < -0.39 is 0 Å². The summed E-state index contributed by atoms with van der Waals surface area (Å²) in [5.41, 5.74) is 0. The number of hydrogen-bond donors (Lipinski definition) is 1. The van der Waals surface area contributed by atoms with Crippen LogP contribution in [0.3, 0.4) is 0 Å². The van der Waals surface area contributed by atoms with Crippen molar-refractivity contribution in [1.29, 1.82) is 0 Å². The molecule has 0 radical (unpaired) electrons. The number of rotatable bonds is 5. The molecule has 4 aliphatic rings. The summed E-state index contributed by atoms with van der Waals surface area (Å²) in [5, 5.41) is 3.42. The van der Waals surface area contributed by atoms with Gasteiger partial charge in [0.05, 0.1) is 19.1 Å². The van der Waals surface area contributed by atoms with Crippen molar-refractivity contribution in [2.45, 2.75) is 32.7 Å². The first-order valence-electron chi connectivity index (χ1n) is 9.87. The van der Waals surface area contributed by atoms with Crippen LogP contribution < -0.4 is 5.32 Å². The van der Waals surface area contributed by atoms with Crippen LogP contribution >= 0.6 is 24.0 Å². The Morgan fingerprint density at radius 3 is 2.54 bits per heavy atom. The average molecular weight is 479 g/mol. The molecular formula is C18H34IN5O2. The summed E-state index contributed by atoms with van der Waals surface area (Å²) in [7, 11) is 0. The zero-order valence-corrected chi connectivity index (χ0v) is 18.5. The van der Waals surface area contributed by atoms with Gasteiger partial charge in [-0.05, 0) is 26.7 Å². The molecule has 0 aromatic rings. The normalized spacial score (nSPS) is 31.3. The van der Waals surface area contributed by atoms with Crippen LogP contribution in [0.2, 0.25) is 0 Å². The Hall–Kier alpha value is -0.610. The van der Waals surface area contributed by atoms with Gasteiger partial charge in [0.2, 0.25) is 0 Å². The van der Waals surface area contributed by atoms with E-state index in [1.165, 1.54) is 26.2 Å². The number of carbonyl (C=O) groups is 1. The molecule has 2 unspecified atom stereocenters. The summed E-state index contributed by atoms with van der Waals surface area (Å²) >= 11 is 0. The number of fused-ring (bicyclic) bond motifs is 3. The SMILES string of the molecule is CCNC(=NCC1CN2CCN1CC2)N1CCCC(C(=O)OCC)C1.I. The number of guanidine groups is 1. The summed E-state index contributed by atoms with van der Waals surface area (Å²) in [6.45, 7) is 13.7. The van der Waals surface area contributed by atoms with Crippen molar-refractivity contribution in [2.75, 3.05) is 65.5 Å². The van der Waals surface area contributed by atoms with E-state index in [2.05, 4.69) is 26.9 Å². The monoisotopic (exact) mass is 479 g/mol. The van der Waals surface area contributed by atoms with Gasteiger partial charge >= 0.3 is 5.97 Å². The Balaban J connectivity index is 0.00000243. The standard InChI is InChI=1S/C18H33N5O2.HI/c1-3-19-18(20-12-16-14-21-8-10-22(16)11-9-21)23-7-5-6-15(13-23)17(24)25-4-2;/h15-16H,3-14H2,1-2H3,(H,19,20);1H. The Labute approximate surface area is 174 Å². The second kappa shape index (κ2) is 10.7. The zero-order chi connectivity index (χ0) is 17.6. The molecule has 8 heteroatoms. The predicted molar refractivity (Wildman–Crippen MR) is 114 cm³/mol. The largest absolute Gasteiger partial charge is 0.466 e. The number of hydrogen-bond acceptors (Lipinski definition) is 5. The summed E-state index contributed by atoms with van der Waals surface area (Å²) < 4.78 is 5.22. The molecule has 4 rings (SSSR count). The number of nitrogens with zero attached hydrogens (tertiary/aromatic N) is 4. The van der Waals surface area contributed by atoms with Gasteiger partial charge < -0.3 is 15.0 Å². The first kappa shape index (κ1) is 21.7. The number of halogens is 1. The third kappa shape index (κ3) is 5.45. The number of piperidine rings is 1. The Kier molecular flexibility index (Phi) is 8.89. The molecular weight excluding hydrogens is 445 g/mol. The quantitative estimate of drug-likeness (QED) is 0.273. The molecule has 2 atom stereocenters. The van der Waals surface area contributed by atoms with Crippen molar-refractivity contribution in [1.82, 2.24) is 20.0 Å². The highest BCUT2D eigenvalue weighted by Crippen LogP contribution is 2.19. The van der Waals surface area contributed by atoms with Gasteiger partial charge in [0.15, 0.2) is 5.96 Å². The smallest absolute Gasteiger partial charge is 0.310 e. The van der Waals surface area contributed by atoms with Crippen LogP contribution in [0, 0.1) is 5.92 Å². The highest BCUT2D eigenvalue weighted by Gasteiger charge is 2.32. The molecule has 7 nitrogen and oxygen atoms in total. The number of aliphatic imine (C=N–C) groups is 1. The fourth-order valence-corrected chi connectivity index (χ4v) is 4.14. The molecule has 26 heavy (non-hydrogen) atoms. The van der Waals surface area contributed by atoms with Crippen LogP contribution in [0.4, 0.5) is 0 Å². The number of likely N-dealkylation sites (tertiary alicyclic amines) is 1. The van der Waals surface area contributed by atoms with Crippen molar-refractivity contribution >= 4 is 35.9 Å². The molecule has 2 bridgehead atoms. The van der Waals surface area contributed by atoms with E-state index in [1.54, 1.807) is 0 Å². The van der Waals surface area contributed by atoms with Gasteiger partial charge in [-0.1, -0.05) is 0 Å². The van der Waals surface area contributed by atoms with Gasteiger partial charge in [0.25, 0.3) is 0 Å². The maximum atomic E-state index is 12.1. The number of esters is 1. The lowest BCUT2D eigenvalue weighted by molar-refractivity contribution is -0.149. The van der Waals surface area contributed by atoms with Crippen LogP contribution in [0.15, 0.2) is 4.99 Å². The van der Waals surface area contributed by atoms with E-state index in [-0.39, 0.29) is 35.9 Å². The molecule has 0 amide bonds. The van der Waals surface area contributed by atoms with Gasteiger partial charge in [-0.3, -0.25) is 19.6 Å². The van der Waals surface area contributed by atoms with E-state index in [1.807, 2.05) is 6.92 Å². The van der Waals surface area contributed by atoms with E-state index >= 15 is 0 Å². The first-order valence-corrected chi connectivity index (χ1v) is 9.87. The van der Waals surface area contributed by atoms with Gasteiger partial charge in [-0.25, -0.2) is 0 Å². The first-order chi connectivity index (χ1) is 12.2. The predicted octanol–water partition coefficient (Wildman–Crippen LogP) is 0.845. The fourth-order valence-electron chi connectivity index (χ4n) is 4.14. The van der Waals surface area contributed by atoms with E-state index in [9.17, 15) is 4.79 Å². The van der Waals surface area contributed by atoms with Crippen LogP contribution in [-0.4, -0.2) is 98.2 Å².